The molecule has 0 saturated carbocycles. The van der Waals surface area contributed by atoms with Crippen LogP contribution in [0.2, 0.25) is 0 Å². The third-order valence-electron chi connectivity index (χ3n) is 5.20. The molecule has 1 amide bonds. The van der Waals surface area contributed by atoms with Gasteiger partial charge in [0.1, 0.15) is 11.9 Å². The zero-order valence-corrected chi connectivity index (χ0v) is 17.0. The van der Waals surface area contributed by atoms with Gasteiger partial charge in [-0.1, -0.05) is 0 Å². The first kappa shape index (κ1) is 22.4. The van der Waals surface area contributed by atoms with Gasteiger partial charge in [0.15, 0.2) is 5.78 Å². The summed E-state index contributed by atoms with van der Waals surface area (Å²) < 4.78 is 44.6. The molecule has 0 aromatic heterocycles. The van der Waals surface area contributed by atoms with Crippen molar-refractivity contribution in [2.45, 2.75) is 45.3 Å². The summed E-state index contributed by atoms with van der Waals surface area (Å²) in [5.41, 5.74) is 0.735. The third-order valence-corrected chi connectivity index (χ3v) is 5.20. The molecule has 0 bridgehead atoms. The van der Waals surface area contributed by atoms with Crippen LogP contribution in [0.1, 0.15) is 26.7 Å². The van der Waals surface area contributed by atoms with Gasteiger partial charge in [0.05, 0.1) is 24.5 Å². The van der Waals surface area contributed by atoms with Crippen molar-refractivity contribution in [3.63, 3.8) is 0 Å². The maximum absolute atomic E-state index is 14.8. The van der Waals surface area contributed by atoms with Crippen LogP contribution in [0.25, 0.3) is 0 Å². The molecule has 2 aliphatic rings. The number of carbonyl (C=O) groups excluding carboxylic acids is 2. The number of nitrogens with zero attached hydrogens (tertiary/aromatic N) is 3. The largest absolute Gasteiger partial charge is 0.444 e. The Balaban J connectivity index is 1.63. The Morgan fingerprint density at radius 1 is 1.23 bits per heavy atom. The zero-order chi connectivity index (χ0) is 21.8. The fraction of sp³-hybridized carbons (Fsp3) is 0.600. The quantitative estimate of drug-likeness (QED) is 0.663. The Morgan fingerprint density at radius 2 is 2.00 bits per heavy atom. The van der Waals surface area contributed by atoms with Gasteiger partial charge in [-0.25, -0.2) is 18.0 Å². The standard InChI is InChI=1S/C20H26F3N3O4/c1-13(2)26-8-7-24(9-10-29-26)17-5-3-14(11-16(17)21)25-12-15(30-20(25)28)4-6-18(27)19(22)23/h3,5,11,13,15,19H,4,6-10,12H2,1-2H3/t15-/m0/s1. The Bertz CT molecular complexity index is 778. The molecular weight excluding hydrogens is 403 g/mol. The van der Waals surface area contributed by atoms with Gasteiger partial charge in [0.2, 0.25) is 0 Å². The second-order valence-corrected chi connectivity index (χ2v) is 7.61. The number of rotatable bonds is 7. The fourth-order valence-electron chi connectivity index (χ4n) is 3.53. The molecule has 0 unspecified atom stereocenters. The fourth-order valence-corrected chi connectivity index (χ4v) is 3.53. The molecule has 2 aliphatic heterocycles. The highest BCUT2D eigenvalue weighted by Crippen LogP contribution is 2.29. The summed E-state index contributed by atoms with van der Waals surface area (Å²) in [6.07, 6.45) is -4.77. The second-order valence-electron chi connectivity index (χ2n) is 7.61. The van der Waals surface area contributed by atoms with Gasteiger partial charge >= 0.3 is 6.09 Å². The monoisotopic (exact) mass is 429 g/mol. The van der Waals surface area contributed by atoms with Gasteiger partial charge < -0.3 is 9.64 Å². The lowest BCUT2D eigenvalue weighted by molar-refractivity contribution is -0.168. The predicted octanol–water partition coefficient (Wildman–Crippen LogP) is 3.23. The number of hydroxylamine groups is 2. The van der Waals surface area contributed by atoms with E-state index in [1.54, 1.807) is 12.1 Å². The van der Waals surface area contributed by atoms with E-state index in [4.69, 9.17) is 9.57 Å². The van der Waals surface area contributed by atoms with Gasteiger partial charge in [-0.3, -0.25) is 14.5 Å². The first-order valence-corrected chi connectivity index (χ1v) is 9.99. The average molecular weight is 429 g/mol. The Morgan fingerprint density at radius 3 is 2.67 bits per heavy atom. The lowest BCUT2D eigenvalue weighted by Crippen LogP contribution is -2.34. The molecule has 1 aromatic carbocycles. The number of ether oxygens (including phenoxy) is 1. The van der Waals surface area contributed by atoms with Crippen LogP contribution in [-0.2, 0) is 14.4 Å². The summed E-state index contributed by atoms with van der Waals surface area (Å²) in [5.74, 6) is -1.66. The molecule has 7 nitrogen and oxygen atoms in total. The molecule has 0 aliphatic carbocycles. The van der Waals surface area contributed by atoms with E-state index in [1.807, 2.05) is 23.8 Å². The van der Waals surface area contributed by atoms with Crippen molar-refractivity contribution in [2.24, 2.45) is 0 Å². The molecule has 0 radical (unpaired) electrons. The number of amides is 1. The van der Waals surface area contributed by atoms with E-state index >= 15 is 0 Å². The molecule has 1 atom stereocenters. The molecule has 30 heavy (non-hydrogen) atoms. The summed E-state index contributed by atoms with van der Waals surface area (Å²) in [5, 5.41) is 1.87. The highest BCUT2D eigenvalue weighted by molar-refractivity contribution is 5.90. The van der Waals surface area contributed by atoms with E-state index in [1.165, 1.54) is 11.0 Å². The Labute approximate surface area is 173 Å². The topological polar surface area (TPSA) is 62.3 Å². The summed E-state index contributed by atoms with van der Waals surface area (Å²) in [6, 6.07) is 4.71. The number of Topliss-reactive ketones (excluding diaryl/α,β-unsaturated/α-hetero) is 1. The molecule has 0 spiro atoms. The highest BCUT2D eigenvalue weighted by Gasteiger charge is 2.33. The lowest BCUT2D eigenvalue weighted by Gasteiger charge is -2.25. The smallest absolute Gasteiger partial charge is 0.414 e. The van der Waals surface area contributed by atoms with Crippen LogP contribution < -0.4 is 9.80 Å². The van der Waals surface area contributed by atoms with E-state index < -0.39 is 30.2 Å². The third kappa shape index (κ3) is 5.23. The van der Waals surface area contributed by atoms with Gasteiger partial charge in [-0.2, -0.15) is 5.06 Å². The van der Waals surface area contributed by atoms with E-state index in [-0.39, 0.29) is 25.4 Å². The van der Waals surface area contributed by atoms with Crippen molar-refractivity contribution in [2.75, 3.05) is 42.6 Å². The van der Waals surface area contributed by atoms with Crippen molar-refractivity contribution in [1.29, 1.82) is 0 Å². The summed E-state index contributed by atoms with van der Waals surface area (Å²) >= 11 is 0. The van der Waals surface area contributed by atoms with Crippen molar-refractivity contribution >= 4 is 23.3 Å². The number of hydrogen-bond donors (Lipinski definition) is 0. The highest BCUT2D eigenvalue weighted by atomic mass is 19.3. The van der Waals surface area contributed by atoms with Crippen LogP contribution in [0.15, 0.2) is 18.2 Å². The Hall–Kier alpha value is -2.33. The van der Waals surface area contributed by atoms with Gasteiger partial charge in [-0.15, -0.1) is 0 Å². The molecule has 0 N–H and O–H groups in total. The molecule has 10 heteroatoms. The van der Waals surface area contributed by atoms with Gasteiger partial charge in [-0.05, 0) is 38.5 Å². The van der Waals surface area contributed by atoms with Crippen LogP contribution in [-0.4, -0.2) is 68.3 Å². The van der Waals surface area contributed by atoms with E-state index in [9.17, 15) is 22.8 Å². The molecule has 1 aromatic rings. The number of anilines is 2. The van der Waals surface area contributed by atoms with Crippen LogP contribution in [0.5, 0.6) is 0 Å². The molecular formula is C20H26F3N3O4. The molecule has 3 rings (SSSR count). The van der Waals surface area contributed by atoms with Crippen LogP contribution in [0.3, 0.4) is 0 Å². The first-order valence-electron chi connectivity index (χ1n) is 9.99. The number of alkyl halides is 2. The number of hydrogen-bond acceptors (Lipinski definition) is 6. The van der Waals surface area contributed by atoms with Crippen LogP contribution in [0, 0.1) is 5.82 Å². The summed E-state index contributed by atoms with van der Waals surface area (Å²) in [6.45, 7) is 6.34. The van der Waals surface area contributed by atoms with E-state index in [0.29, 0.717) is 37.6 Å². The molecule has 2 heterocycles. The van der Waals surface area contributed by atoms with Gasteiger partial charge in [0.25, 0.3) is 6.43 Å². The SMILES string of the molecule is CC(C)N1CCN(c2ccc(N3C[C@H](CCC(=O)C(F)F)OC3=O)cc2F)CCO1. The van der Waals surface area contributed by atoms with Gasteiger partial charge in [0, 0.05) is 32.1 Å². The normalized spacial score (nSPS) is 20.8. The van der Waals surface area contributed by atoms with Crippen molar-refractivity contribution in [3.8, 4) is 0 Å². The summed E-state index contributed by atoms with van der Waals surface area (Å²) in [7, 11) is 0. The number of benzene rings is 1. The van der Waals surface area contributed by atoms with Crippen LogP contribution in [0.4, 0.5) is 29.3 Å². The number of halogens is 3. The minimum Gasteiger partial charge on any atom is -0.444 e. The maximum atomic E-state index is 14.8. The van der Waals surface area contributed by atoms with Crippen molar-refractivity contribution in [3.05, 3.63) is 24.0 Å². The van der Waals surface area contributed by atoms with Crippen molar-refractivity contribution in [1.82, 2.24) is 5.06 Å². The number of carbonyl (C=O) groups is 2. The van der Waals surface area contributed by atoms with E-state index in [2.05, 4.69) is 0 Å². The number of ketones is 1. The molecule has 2 fully saturated rings. The predicted molar refractivity (Wildman–Crippen MR) is 104 cm³/mol. The first-order chi connectivity index (χ1) is 14.3. The minimum absolute atomic E-state index is 0.00606. The number of cyclic esters (lactones) is 1. The van der Waals surface area contributed by atoms with Crippen molar-refractivity contribution < 1.29 is 32.3 Å². The second kappa shape index (κ2) is 9.65. The zero-order valence-electron chi connectivity index (χ0n) is 17.0. The summed E-state index contributed by atoms with van der Waals surface area (Å²) in [4.78, 5) is 32.0. The van der Waals surface area contributed by atoms with Crippen LogP contribution >= 0.6 is 0 Å². The minimum atomic E-state index is -3.03. The molecule has 2 saturated heterocycles. The maximum Gasteiger partial charge on any atom is 0.414 e. The van der Waals surface area contributed by atoms with E-state index in [0.717, 1.165) is 0 Å². The lowest BCUT2D eigenvalue weighted by atomic mass is 10.1. The average Bonchev–Trinajstić information content (AvgIpc) is 2.90. The Kier molecular flexibility index (Phi) is 7.19. The molecule has 166 valence electrons.